The number of ether oxygens (including phenoxy) is 1. The van der Waals surface area contributed by atoms with Crippen LogP contribution in [0.3, 0.4) is 0 Å². The van der Waals surface area contributed by atoms with Crippen LogP contribution in [0.1, 0.15) is 11.6 Å². The molecule has 1 atom stereocenters. The summed E-state index contributed by atoms with van der Waals surface area (Å²) in [5.41, 5.74) is 6.58. The summed E-state index contributed by atoms with van der Waals surface area (Å²) in [7, 11) is 2.05. The number of rotatable bonds is 4. The molecule has 0 amide bonds. The zero-order chi connectivity index (χ0) is 15.5. The first kappa shape index (κ1) is 16.1. The van der Waals surface area contributed by atoms with Crippen LogP contribution in [-0.2, 0) is 0 Å². The van der Waals surface area contributed by atoms with Crippen molar-refractivity contribution in [3.63, 3.8) is 0 Å². The van der Waals surface area contributed by atoms with Crippen LogP contribution in [0.25, 0.3) is 0 Å². The van der Waals surface area contributed by atoms with E-state index in [1.165, 1.54) is 12.1 Å². The Labute approximate surface area is 122 Å². The summed E-state index contributed by atoms with van der Waals surface area (Å²) in [4.78, 5) is 4.42. The molecule has 0 spiro atoms. The molecule has 1 saturated heterocycles. The molecular formula is C14H20F3N3O. The average molecular weight is 303 g/mol. The Morgan fingerprint density at radius 2 is 1.90 bits per heavy atom. The molecule has 118 valence electrons. The van der Waals surface area contributed by atoms with Gasteiger partial charge < -0.3 is 15.4 Å². The highest BCUT2D eigenvalue weighted by Crippen LogP contribution is 2.28. The minimum atomic E-state index is -4.68. The second-order valence-electron chi connectivity index (χ2n) is 5.21. The van der Waals surface area contributed by atoms with E-state index in [-0.39, 0.29) is 11.8 Å². The standard InChI is InChI=1S/C14H20F3N3O/c1-19-5-7-20(8-6-19)13(10-18)11-3-2-4-12(9-11)21-14(15,16)17/h2-4,9,13H,5-8,10,18H2,1H3. The maximum Gasteiger partial charge on any atom is 0.573 e. The molecule has 0 aliphatic carbocycles. The van der Waals surface area contributed by atoms with E-state index in [1.807, 2.05) is 7.05 Å². The maximum absolute atomic E-state index is 12.3. The third kappa shape index (κ3) is 4.59. The van der Waals surface area contributed by atoms with Crippen LogP contribution in [0, 0.1) is 0 Å². The van der Waals surface area contributed by atoms with Gasteiger partial charge in [0.05, 0.1) is 0 Å². The molecule has 0 bridgehead atoms. The average Bonchev–Trinajstić information content (AvgIpc) is 2.40. The van der Waals surface area contributed by atoms with Gasteiger partial charge >= 0.3 is 6.36 Å². The van der Waals surface area contributed by atoms with Crippen LogP contribution in [-0.4, -0.2) is 55.9 Å². The molecule has 1 aliphatic rings. The molecular weight excluding hydrogens is 283 g/mol. The molecule has 2 N–H and O–H groups in total. The first-order valence-electron chi connectivity index (χ1n) is 6.87. The van der Waals surface area contributed by atoms with Gasteiger partial charge in [0, 0.05) is 38.8 Å². The molecule has 4 nitrogen and oxygen atoms in total. The Bertz CT molecular complexity index is 459. The van der Waals surface area contributed by atoms with Crippen molar-refractivity contribution in [2.24, 2.45) is 5.73 Å². The second-order valence-corrected chi connectivity index (χ2v) is 5.21. The number of likely N-dealkylation sites (N-methyl/N-ethyl adjacent to an activating group) is 1. The van der Waals surface area contributed by atoms with Crippen molar-refractivity contribution < 1.29 is 17.9 Å². The van der Waals surface area contributed by atoms with E-state index in [2.05, 4.69) is 14.5 Å². The van der Waals surface area contributed by atoms with E-state index in [0.29, 0.717) is 6.54 Å². The van der Waals surface area contributed by atoms with Crippen LogP contribution in [0.5, 0.6) is 5.75 Å². The molecule has 1 aromatic carbocycles. The molecule has 1 fully saturated rings. The Kier molecular flexibility index (Phi) is 5.08. The lowest BCUT2D eigenvalue weighted by molar-refractivity contribution is -0.274. The van der Waals surface area contributed by atoms with Gasteiger partial charge in [-0.1, -0.05) is 12.1 Å². The lowest BCUT2D eigenvalue weighted by Gasteiger charge is -2.37. The Morgan fingerprint density at radius 3 is 2.48 bits per heavy atom. The minimum absolute atomic E-state index is 0.0875. The van der Waals surface area contributed by atoms with Gasteiger partial charge in [-0.2, -0.15) is 0 Å². The molecule has 0 aromatic heterocycles. The van der Waals surface area contributed by atoms with E-state index in [4.69, 9.17) is 5.73 Å². The number of nitrogens with zero attached hydrogens (tertiary/aromatic N) is 2. The highest BCUT2D eigenvalue weighted by Gasteiger charge is 2.31. The minimum Gasteiger partial charge on any atom is -0.406 e. The van der Waals surface area contributed by atoms with E-state index in [1.54, 1.807) is 12.1 Å². The number of hydrogen-bond donors (Lipinski definition) is 1. The van der Waals surface area contributed by atoms with Gasteiger partial charge in [-0.15, -0.1) is 13.2 Å². The van der Waals surface area contributed by atoms with Crippen LogP contribution in [0.4, 0.5) is 13.2 Å². The fraction of sp³-hybridized carbons (Fsp3) is 0.571. The quantitative estimate of drug-likeness (QED) is 0.921. The molecule has 0 radical (unpaired) electrons. The number of alkyl halides is 3. The van der Waals surface area contributed by atoms with Gasteiger partial charge in [-0.3, -0.25) is 4.90 Å². The molecule has 7 heteroatoms. The van der Waals surface area contributed by atoms with Gasteiger partial charge in [0.1, 0.15) is 5.75 Å². The van der Waals surface area contributed by atoms with E-state index < -0.39 is 6.36 Å². The van der Waals surface area contributed by atoms with Gasteiger partial charge in [0.15, 0.2) is 0 Å². The normalized spacial score (nSPS) is 19.5. The molecule has 1 aliphatic heterocycles. The fourth-order valence-electron chi connectivity index (χ4n) is 2.55. The largest absolute Gasteiger partial charge is 0.573 e. The highest BCUT2D eigenvalue weighted by molar-refractivity contribution is 5.31. The van der Waals surface area contributed by atoms with Crippen molar-refractivity contribution in [3.05, 3.63) is 29.8 Å². The lowest BCUT2D eigenvalue weighted by atomic mass is 10.0. The van der Waals surface area contributed by atoms with E-state index in [9.17, 15) is 13.2 Å². The van der Waals surface area contributed by atoms with Gasteiger partial charge in [-0.25, -0.2) is 0 Å². The Hall–Kier alpha value is -1.31. The summed E-state index contributed by atoms with van der Waals surface area (Å²) in [5, 5.41) is 0. The van der Waals surface area contributed by atoms with Crippen molar-refractivity contribution >= 4 is 0 Å². The van der Waals surface area contributed by atoms with Crippen molar-refractivity contribution in [2.45, 2.75) is 12.4 Å². The zero-order valence-corrected chi connectivity index (χ0v) is 11.9. The van der Waals surface area contributed by atoms with Crippen LogP contribution in [0.15, 0.2) is 24.3 Å². The summed E-state index contributed by atoms with van der Waals surface area (Å²) in [5.74, 6) is -0.201. The third-order valence-corrected chi connectivity index (χ3v) is 3.68. The summed E-state index contributed by atoms with van der Waals surface area (Å²) in [6.07, 6.45) is -4.68. The van der Waals surface area contributed by atoms with Gasteiger partial charge in [0.25, 0.3) is 0 Å². The smallest absolute Gasteiger partial charge is 0.406 e. The number of hydrogen-bond acceptors (Lipinski definition) is 4. The molecule has 1 unspecified atom stereocenters. The predicted molar refractivity (Wildman–Crippen MR) is 74.0 cm³/mol. The molecule has 0 saturated carbocycles. The van der Waals surface area contributed by atoms with Crippen LogP contribution < -0.4 is 10.5 Å². The topological polar surface area (TPSA) is 41.7 Å². The van der Waals surface area contributed by atoms with Crippen molar-refractivity contribution in [1.82, 2.24) is 9.80 Å². The first-order valence-corrected chi connectivity index (χ1v) is 6.87. The van der Waals surface area contributed by atoms with Crippen LogP contribution >= 0.6 is 0 Å². The van der Waals surface area contributed by atoms with Crippen molar-refractivity contribution in [3.8, 4) is 5.75 Å². The number of benzene rings is 1. The third-order valence-electron chi connectivity index (χ3n) is 3.68. The van der Waals surface area contributed by atoms with E-state index in [0.717, 1.165) is 31.7 Å². The number of nitrogens with two attached hydrogens (primary N) is 1. The van der Waals surface area contributed by atoms with Gasteiger partial charge in [-0.05, 0) is 24.7 Å². The van der Waals surface area contributed by atoms with Gasteiger partial charge in [0.2, 0.25) is 0 Å². The summed E-state index contributed by atoms with van der Waals surface area (Å²) in [6.45, 7) is 3.91. The summed E-state index contributed by atoms with van der Waals surface area (Å²) in [6, 6.07) is 5.99. The van der Waals surface area contributed by atoms with Crippen LogP contribution in [0.2, 0.25) is 0 Å². The fourth-order valence-corrected chi connectivity index (χ4v) is 2.55. The summed E-state index contributed by atoms with van der Waals surface area (Å²) >= 11 is 0. The molecule has 2 rings (SSSR count). The Morgan fingerprint density at radius 1 is 1.24 bits per heavy atom. The Balaban J connectivity index is 2.12. The number of piperazine rings is 1. The first-order chi connectivity index (χ1) is 9.89. The second kappa shape index (κ2) is 6.64. The van der Waals surface area contributed by atoms with Crippen molar-refractivity contribution in [2.75, 3.05) is 39.8 Å². The van der Waals surface area contributed by atoms with Crippen molar-refractivity contribution in [1.29, 1.82) is 0 Å². The lowest BCUT2D eigenvalue weighted by Crippen LogP contribution is -2.47. The molecule has 21 heavy (non-hydrogen) atoms. The number of halogens is 3. The zero-order valence-electron chi connectivity index (χ0n) is 11.9. The highest BCUT2D eigenvalue weighted by atomic mass is 19.4. The SMILES string of the molecule is CN1CCN(C(CN)c2cccc(OC(F)(F)F)c2)CC1. The van der Waals surface area contributed by atoms with E-state index >= 15 is 0 Å². The summed E-state index contributed by atoms with van der Waals surface area (Å²) < 4.78 is 40.8. The molecule has 1 aromatic rings. The monoisotopic (exact) mass is 303 g/mol. The molecule has 1 heterocycles. The maximum atomic E-state index is 12.3. The predicted octanol–water partition coefficient (Wildman–Crippen LogP) is 1.83.